The SMILES string of the molecule is CCCC1=C(C(=O)OCCC#N)C(c2ccc([N+](=O)[O-])cc2)C(N(C=O)CC)=C(CC)N1. The van der Waals surface area contributed by atoms with Crippen LogP contribution in [0.25, 0.3) is 0 Å². The molecule has 32 heavy (non-hydrogen) atoms. The molecule has 2 rings (SSSR count). The van der Waals surface area contributed by atoms with Gasteiger partial charge in [0.25, 0.3) is 5.69 Å². The summed E-state index contributed by atoms with van der Waals surface area (Å²) in [6.07, 6.45) is 2.72. The van der Waals surface area contributed by atoms with Crippen molar-refractivity contribution in [1.29, 1.82) is 5.26 Å². The Morgan fingerprint density at radius 2 is 1.97 bits per heavy atom. The predicted octanol–water partition coefficient (Wildman–Crippen LogP) is 3.89. The summed E-state index contributed by atoms with van der Waals surface area (Å²) in [7, 11) is 0. The van der Waals surface area contributed by atoms with Gasteiger partial charge in [-0.1, -0.05) is 32.4 Å². The third kappa shape index (κ3) is 5.32. The van der Waals surface area contributed by atoms with Gasteiger partial charge in [-0.05, 0) is 25.3 Å². The van der Waals surface area contributed by atoms with E-state index in [1.807, 2.05) is 26.8 Å². The Morgan fingerprint density at radius 3 is 2.47 bits per heavy atom. The van der Waals surface area contributed by atoms with Crippen molar-refractivity contribution in [1.82, 2.24) is 10.2 Å². The lowest BCUT2D eigenvalue weighted by atomic mass is 9.81. The molecule has 170 valence electrons. The van der Waals surface area contributed by atoms with Gasteiger partial charge in [-0.15, -0.1) is 0 Å². The van der Waals surface area contributed by atoms with Crippen LogP contribution in [0.3, 0.4) is 0 Å². The molecule has 9 nitrogen and oxygen atoms in total. The van der Waals surface area contributed by atoms with E-state index in [1.54, 1.807) is 12.1 Å². The number of benzene rings is 1. The van der Waals surface area contributed by atoms with Gasteiger partial charge >= 0.3 is 5.97 Å². The average Bonchev–Trinajstić information content (AvgIpc) is 2.80. The zero-order chi connectivity index (χ0) is 23.7. The Balaban J connectivity index is 2.72. The van der Waals surface area contributed by atoms with Crippen molar-refractivity contribution in [3.05, 3.63) is 62.6 Å². The molecule has 0 bridgehead atoms. The molecule has 0 aliphatic carbocycles. The second kappa shape index (κ2) is 11.6. The van der Waals surface area contributed by atoms with Gasteiger partial charge < -0.3 is 15.0 Å². The molecular weight excluding hydrogens is 412 g/mol. The van der Waals surface area contributed by atoms with Crippen LogP contribution in [0.2, 0.25) is 0 Å². The fourth-order valence-electron chi connectivity index (χ4n) is 3.78. The van der Waals surface area contributed by atoms with E-state index in [9.17, 15) is 19.7 Å². The van der Waals surface area contributed by atoms with Gasteiger partial charge in [0.15, 0.2) is 0 Å². The van der Waals surface area contributed by atoms with Crippen molar-refractivity contribution in [2.24, 2.45) is 0 Å². The highest BCUT2D eigenvalue weighted by atomic mass is 16.6. The second-order valence-electron chi connectivity index (χ2n) is 7.20. The molecule has 1 N–H and O–H groups in total. The molecule has 0 spiro atoms. The molecule has 1 aromatic rings. The van der Waals surface area contributed by atoms with Gasteiger partial charge in [0.05, 0.1) is 34.6 Å². The van der Waals surface area contributed by atoms with E-state index >= 15 is 0 Å². The minimum absolute atomic E-state index is 0.0456. The lowest BCUT2D eigenvalue weighted by Gasteiger charge is -2.37. The first-order valence-corrected chi connectivity index (χ1v) is 10.7. The number of amides is 1. The van der Waals surface area contributed by atoms with Gasteiger partial charge in [0.1, 0.15) is 6.61 Å². The molecule has 1 aliphatic rings. The number of nitro benzene ring substituents is 1. The number of rotatable bonds is 11. The number of nitro groups is 1. The smallest absolute Gasteiger partial charge is 0.336 e. The first kappa shape index (κ1) is 24.6. The summed E-state index contributed by atoms with van der Waals surface area (Å²) >= 11 is 0. The Bertz CT molecular complexity index is 960. The number of esters is 1. The van der Waals surface area contributed by atoms with Gasteiger partial charge in [0.2, 0.25) is 6.41 Å². The van der Waals surface area contributed by atoms with Crippen LogP contribution in [0.15, 0.2) is 46.9 Å². The number of allylic oxidation sites excluding steroid dienone is 3. The average molecular weight is 441 g/mol. The third-order valence-corrected chi connectivity index (χ3v) is 5.23. The maximum Gasteiger partial charge on any atom is 0.336 e. The molecule has 1 amide bonds. The molecule has 1 atom stereocenters. The minimum Gasteiger partial charge on any atom is -0.461 e. The van der Waals surface area contributed by atoms with Crippen LogP contribution >= 0.6 is 0 Å². The normalized spacial score (nSPS) is 15.6. The monoisotopic (exact) mass is 440 g/mol. The highest BCUT2D eigenvalue weighted by molar-refractivity contribution is 5.93. The Kier molecular flexibility index (Phi) is 8.95. The second-order valence-corrected chi connectivity index (χ2v) is 7.20. The summed E-state index contributed by atoms with van der Waals surface area (Å²) in [4.78, 5) is 37.3. The summed E-state index contributed by atoms with van der Waals surface area (Å²) < 4.78 is 5.38. The lowest BCUT2D eigenvalue weighted by Crippen LogP contribution is -2.37. The number of dihydropyridines is 1. The van der Waals surface area contributed by atoms with Crippen molar-refractivity contribution < 1.29 is 19.2 Å². The lowest BCUT2D eigenvalue weighted by molar-refractivity contribution is -0.384. The zero-order valence-electron chi connectivity index (χ0n) is 18.6. The largest absolute Gasteiger partial charge is 0.461 e. The van der Waals surface area contributed by atoms with Crippen LogP contribution in [0.5, 0.6) is 0 Å². The summed E-state index contributed by atoms with van der Waals surface area (Å²) in [6.45, 7) is 6.11. The molecule has 0 saturated heterocycles. The molecule has 1 unspecified atom stereocenters. The molecule has 9 heteroatoms. The summed E-state index contributed by atoms with van der Waals surface area (Å²) in [5, 5.41) is 23.3. The molecule has 1 aromatic carbocycles. The number of carbonyl (C=O) groups is 2. The Hall–Kier alpha value is -3.67. The number of likely N-dealkylation sites (N-methyl/N-ethyl adjacent to an activating group) is 1. The summed E-state index contributed by atoms with van der Waals surface area (Å²) in [6, 6.07) is 7.92. The third-order valence-electron chi connectivity index (χ3n) is 5.23. The highest BCUT2D eigenvalue weighted by Crippen LogP contribution is 2.42. The molecule has 0 saturated carbocycles. The summed E-state index contributed by atoms with van der Waals surface area (Å²) in [5.74, 6) is -1.22. The van der Waals surface area contributed by atoms with Crippen molar-refractivity contribution in [2.45, 2.75) is 52.4 Å². The number of hydrogen-bond acceptors (Lipinski definition) is 7. The van der Waals surface area contributed by atoms with Crippen LogP contribution < -0.4 is 5.32 Å². The van der Waals surface area contributed by atoms with Gasteiger partial charge in [0, 0.05) is 30.1 Å². The number of ether oxygens (including phenoxy) is 1. The van der Waals surface area contributed by atoms with Gasteiger partial charge in [-0.25, -0.2) is 4.79 Å². The van der Waals surface area contributed by atoms with E-state index in [2.05, 4.69) is 5.32 Å². The summed E-state index contributed by atoms with van der Waals surface area (Å²) in [5.41, 5.74) is 3.04. The van der Waals surface area contributed by atoms with Crippen LogP contribution in [-0.2, 0) is 14.3 Å². The molecule has 1 heterocycles. The Morgan fingerprint density at radius 1 is 1.28 bits per heavy atom. The van der Waals surface area contributed by atoms with Crippen LogP contribution in [0.4, 0.5) is 5.69 Å². The molecule has 0 radical (unpaired) electrons. The number of nitrogens with one attached hydrogen (secondary N) is 1. The molecule has 0 fully saturated rings. The maximum atomic E-state index is 13.2. The number of nitriles is 1. The number of non-ortho nitro benzene ring substituents is 1. The van der Waals surface area contributed by atoms with E-state index in [-0.39, 0.29) is 18.7 Å². The number of carbonyl (C=O) groups excluding carboxylic acids is 2. The van der Waals surface area contributed by atoms with Crippen LogP contribution in [-0.4, -0.2) is 35.4 Å². The van der Waals surface area contributed by atoms with E-state index in [4.69, 9.17) is 10.00 Å². The number of hydrogen-bond donors (Lipinski definition) is 1. The van der Waals surface area contributed by atoms with E-state index < -0.39 is 16.8 Å². The quantitative estimate of drug-likeness (QED) is 0.182. The van der Waals surface area contributed by atoms with Crippen molar-refractivity contribution in [3.8, 4) is 6.07 Å². The topological polar surface area (TPSA) is 126 Å². The van der Waals surface area contributed by atoms with Crippen molar-refractivity contribution >= 4 is 18.1 Å². The van der Waals surface area contributed by atoms with Crippen LogP contribution in [0, 0.1) is 21.4 Å². The predicted molar refractivity (Wildman–Crippen MR) is 118 cm³/mol. The maximum absolute atomic E-state index is 13.2. The first-order valence-electron chi connectivity index (χ1n) is 10.7. The highest BCUT2D eigenvalue weighted by Gasteiger charge is 2.38. The molecular formula is C23H28N4O5. The molecule has 0 aromatic heterocycles. The van der Waals surface area contributed by atoms with Crippen LogP contribution in [0.1, 0.15) is 57.9 Å². The van der Waals surface area contributed by atoms with Gasteiger partial charge in [-0.2, -0.15) is 5.26 Å². The fourth-order valence-corrected chi connectivity index (χ4v) is 3.78. The minimum atomic E-state index is -0.645. The van der Waals surface area contributed by atoms with E-state index in [1.165, 1.54) is 17.0 Å². The van der Waals surface area contributed by atoms with Gasteiger partial charge in [-0.3, -0.25) is 14.9 Å². The molecule has 1 aliphatic heterocycles. The van der Waals surface area contributed by atoms with E-state index in [0.29, 0.717) is 48.3 Å². The van der Waals surface area contributed by atoms with Crippen molar-refractivity contribution in [3.63, 3.8) is 0 Å². The first-order chi connectivity index (χ1) is 15.4. The van der Waals surface area contributed by atoms with Crippen molar-refractivity contribution in [2.75, 3.05) is 13.2 Å². The Labute approximate surface area is 187 Å². The standard InChI is InChI=1S/C23H28N4O5/c1-4-8-19-21(23(29)32-14-7-13-24)20(16-9-11-17(12-10-16)27(30)31)22(18(5-2)25-19)26(6-3)15-28/h9-12,15,20,25H,4-8,14H2,1-3H3. The number of nitrogens with zero attached hydrogens (tertiary/aromatic N) is 3. The fraction of sp³-hybridized carbons (Fsp3) is 0.435. The van der Waals surface area contributed by atoms with E-state index in [0.717, 1.165) is 12.1 Å². The zero-order valence-corrected chi connectivity index (χ0v) is 18.6.